The molecule has 0 aliphatic heterocycles. The number of para-hydroxylation sites is 1. The van der Waals surface area contributed by atoms with Crippen LogP contribution in [0.25, 0.3) is 110 Å². The molecular formula is C51H31NO. The Bertz CT molecular complexity index is 3100. The van der Waals surface area contributed by atoms with Crippen LogP contribution in [0.4, 0.5) is 0 Å². The van der Waals surface area contributed by atoms with Gasteiger partial charge < -0.3 is 4.42 Å². The van der Waals surface area contributed by atoms with Crippen LogP contribution in [-0.2, 0) is 0 Å². The Balaban J connectivity index is 1.18. The summed E-state index contributed by atoms with van der Waals surface area (Å²) in [4.78, 5) is 4.49. The Hall–Kier alpha value is -7.03. The second kappa shape index (κ2) is 11.8. The van der Waals surface area contributed by atoms with Crippen molar-refractivity contribution in [3.05, 3.63) is 188 Å². The maximum atomic E-state index is 6.88. The third-order valence-corrected chi connectivity index (χ3v) is 10.9. The SMILES string of the molecule is c1ccc(-c2c3ccccc3c(-c3ccc4oc5c(-c6c7ccccc7c(-c7cccnc7)c7ccccc67)cccc5c4c3)c3ccccc23)cc1. The monoisotopic (exact) mass is 673 g/mol. The lowest BCUT2D eigenvalue weighted by Gasteiger charge is -2.17. The molecule has 0 amide bonds. The van der Waals surface area contributed by atoms with Crippen molar-refractivity contribution in [2.75, 3.05) is 0 Å². The summed E-state index contributed by atoms with van der Waals surface area (Å²) in [6.07, 6.45) is 3.80. The van der Waals surface area contributed by atoms with Gasteiger partial charge in [0.2, 0.25) is 0 Å². The van der Waals surface area contributed by atoms with Crippen LogP contribution in [0.5, 0.6) is 0 Å². The molecule has 0 saturated carbocycles. The third-order valence-electron chi connectivity index (χ3n) is 10.9. The molecule has 2 heterocycles. The Labute approximate surface area is 306 Å². The number of rotatable bonds is 4. The van der Waals surface area contributed by atoms with E-state index in [0.717, 1.165) is 33.1 Å². The van der Waals surface area contributed by atoms with Crippen LogP contribution in [-0.4, -0.2) is 4.98 Å². The number of hydrogen-bond donors (Lipinski definition) is 0. The standard InChI is InChI=1S/C51H31NO/c1-2-14-32(15-3-1)47-35-17-4-6-19-37(35)48(38-20-7-5-18-36(38)47)33-27-28-46-45(30-33)43-25-12-26-44(51(43)53-46)50-41-23-10-8-21-39(41)49(34-16-13-29-52-31-34)40-22-9-11-24-42(40)50/h1-31H. The summed E-state index contributed by atoms with van der Waals surface area (Å²) in [5.41, 5.74) is 11.3. The van der Waals surface area contributed by atoms with E-state index < -0.39 is 0 Å². The molecule has 2 nitrogen and oxygen atoms in total. The van der Waals surface area contributed by atoms with E-state index in [1.165, 1.54) is 76.5 Å². The van der Waals surface area contributed by atoms with Crippen molar-refractivity contribution in [1.29, 1.82) is 0 Å². The number of pyridine rings is 1. The molecule has 0 atom stereocenters. The molecule has 0 fully saturated rings. The van der Waals surface area contributed by atoms with Gasteiger partial charge in [0, 0.05) is 39.9 Å². The molecule has 0 saturated heterocycles. The molecule has 11 aromatic rings. The van der Waals surface area contributed by atoms with Crippen LogP contribution in [0.2, 0.25) is 0 Å². The van der Waals surface area contributed by atoms with Crippen molar-refractivity contribution in [2.24, 2.45) is 0 Å². The number of nitrogens with zero attached hydrogens (tertiary/aromatic N) is 1. The molecule has 2 heteroatoms. The van der Waals surface area contributed by atoms with Gasteiger partial charge in [-0.15, -0.1) is 0 Å². The van der Waals surface area contributed by atoms with Crippen LogP contribution < -0.4 is 0 Å². The van der Waals surface area contributed by atoms with Gasteiger partial charge in [0.05, 0.1) is 0 Å². The predicted octanol–water partition coefficient (Wildman–Crippen LogP) is 14.3. The maximum Gasteiger partial charge on any atom is 0.143 e. The minimum absolute atomic E-state index is 0.881. The molecule has 0 spiro atoms. The molecule has 0 N–H and O–H groups in total. The summed E-state index contributed by atoms with van der Waals surface area (Å²) >= 11 is 0. The second-order valence-electron chi connectivity index (χ2n) is 13.8. The van der Waals surface area contributed by atoms with Gasteiger partial charge in [0.15, 0.2) is 0 Å². The van der Waals surface area contributed by atoms with Gasteiger partial charge in [0.25, 0.3) is 0 Å². The summed E-state index contributed by atoms with van der Waals surface area (Å²) in [6, 6.07) is 63.4. The van der Waals surface area contributed by atoms with Crippen molar-refractivity contribution >= 4 is 65.0 Å². The highest BCUT2D eigenvalue weighted by Crippen LogP contribution is 2.48. The molecule has 11 rings (SSSR count). The zero-order chi connectivity index (χ0) is 34.9. The van der Waals surface area contributed by atoms with E-state index in [1.54, 1.807) is 0 Å². The first kappa shape index (κ1) is 29.7. The number of fused-ring (bicyclic) bond motifs is 7. The summed E-state index contributed by atoms with van der Waals surface area (Å²) in [5, 5.41) is 12.0. The molecule has 0 aliphatic rings. The fourth-order valence-electron chi connectivity index (χ4n) is 8.75. The van der Waals surface area contributed by atoms with Crippen molar-refractivity contribution < 1.29 is 4.42 Å². The van der Waals surface area contributed by atoms with Crippen LogP contribution in [0.15, 0.2) is 193 Å². The third kappa shape index (κ3) is 4.49. The average Bonchev–Trinajstić information content (AvgIpc) is 3.61. The quantitative estimate of drug-likeness (QED) is 0.174. The topological polar surface area (TPSA) is 26.0 Å². The molecule has 0 aliphatic carbocycles. The zero-order valence-electron chi connectivity index (χ0n) is 28.8. The van der Waals surface area contributed by atoms with Crippen molar-refractivity contribution in [1.82, 2.24) is 4.98 Å². The Morgan fingerprint density at radius 2 is 0.792 bits per heavy atom. The summed E-state index contributed by atoms with van der Waals surface area (Å²) < 4.78 is 6.88. The van der Waals surface area contributed by atoms with Crippen LogP contribution in [0.1, 0.15) is 0 Å². The minimum atomic E-state index is 0.881. The van der Waals surface area contributed by atoms with Crippen LogP contribution in [0.3, 0.4) is 0 Å². The van der Waals surface area contributed by atoms with E-state index in [-0.39, 0.29) is 0 Å². The lowest BCUT2D eigenvalue weighted by molar-refractivity contribution is 0.670. The van der Waals surface area contributed by atoms with Crippen molar-refractivity contribution in [3.8, 4) is 44.5 Å². The summed E-state index contributed by atoms with van der Waals surface area (Å²) in [6.45, 7) is 0. The number of hydrogen-bond acceptors (Lipinski definition) is 2. The Morgan fingerprint density at radius 1 is 0.321 bits per heavy atom. The largest absolute Gasteiger partial charge is 0.455 e. The van der Waals surface area contributed by atoms with E-state index in [4.69, 9.17) is 4.42 Å². The molecule has 2 aromatic heterocycles. The van der Waals surface area contributed by atoms with Crippen LogP contribution in [0, 0.1) is 0 Å². The van der Waals surface area contributed by atoms with Crippen molar-refractivity contribution in [3.63, 3.8) is 0 Å². The Morgan fingerprint density at radius 3 is 1.34 bits per heavy atom. The Kier molecular flexibility index (Phi) is 6.59. The molecule has 246 valence electrons. The fourth-order valence-corrected chi connectivity index (χ4v) is 8.75. The van der Waals surface area contributed by atoms with Gasteiger partial charge in [-0.3, -0.25) is 4.98 Å². The summed E-state index contributed by atoms with van der Waals surface area (Å²) in [7, 11) is 0. The van der Waals surface area contributed by atoms with Gasteiger partial charge in [-0.05, 0) is 89.1 Å². The first-order valence-corrected chi connectivity index (χ1v) is 18.1. The molecule has 0 radical (unpaired) electrons. The van der Waals surface area contributed by atoms with E-state index >= 15 is 0 Å². The molecular weight excluding hydrogens is 643 g/mol. The van der Waals surface area contributed by atoms with E-state index in [0.29, 0.717) is 0 Å². The van der Waals surface area contributed by atoms with E-state index in [9.17, 15) is 0 Å². The van der Waals surface area contributed by atoms with Gasteiger partial charge >= 0.3 is 0 Å². The number of benzene rings is 9. The molecule has 0 bridgehead atoms. The zero-order valence-corrected chi connectivity index (χ0v) is 28.8. The number of furan rings is 1. The lowest BCUT2D eigenvalue weighted by atomic mass is 9.85. The smallest absolute Gasteiger partial charge is 0.143 e. The van der Waals surface area contributed by atoms with E-state index in [2.05, 4.69) is 175 Å². The predicted molar refractivity (Wildman–Crippen MR) is 223 cm³/mol. The van der Waals surface area contributed by atoms with Crippen LogP contribution >= 0.6 is 0 Å². The highest BCUT2D eigenvalue weighted by atomic mass is 16.3. The first-order valence-electron chi connectivity index (χ1n) is 18.1. The van der Waals surface area contributed by atoms with Gasteiger partial charge in [-0.2, -0.15) is 0 Å². The molecule has 0 unspecified atom stereocenters. The fraction of sp³-hybridized carbons (Fsp3) is 0. The lowest BCUT2D eigenvalue weighted by Crippen LogP contribution is -1.91. The molecule has 53 heavy (non-hydrogen) atoms. The van der Waals surface area contributed by atoms with Gasteiger partial charge in [0.1, 0.15) is 11.2 Å². The van der Waals surface area contributed by atoms with E-state index in [1.807, 2.05) is 18.5 Å². The van der Waals surface area contributed by atoms with Gasteiger partial charge in [-0.25, -0.2) is 0 Å². The first-order chi connectivity index (χ1) is 26.3. The minimum Gasteiger partial charge on any atom is -0.455 e. The second-order valence-corrected chi connectivity index (χ2v) is 13.8. The molecule has 9 aromatic carbocycles. The maximum absolute atomic E-state index is 6.88. The van der Waals surface area contributed by atoms with Gasteiger partial charge in [-0.1, -0.05) is 158 Å². The normalized spacial score (nSPS) is 11.8. The average molecular weight is 674 g/mol. The highest BCUT2D eigenvalue weighted by molar-refractivity contribution is 6.25. The van der Waals surface area contributed by atoms with Crippen molar-refractivity contribution in [2.45, 2.75) is 0 Å². The highest BCUT2D eigenvalue weighted by Gasteiger charge is 2.22. The summed E-state index contributed by atoms with van der Waals surface area (Å²) in [5.74, 6) is 0. The number of aromatic nitrogens is 1.